The van der Waals surface area contributed by atoms with E-state index in [1.165, 1.54) is 37.9 Å². The molecular formula is C23H25N5O6S. The topological polar surface area (TPSA) is 126 Å². The van der Waals surface area contributed by atoms with Crippen molar-refractivity contribution in [3.63, 3.8) is 0 Å². The molecule has 1 aromatic carbocycles. The Bertz CT molecular complexity index is 1180. The van der Waals surface area contributed by atoms with Gasteiger partial charge in [0.25, 0.3) is 5.69 Å². The van der Waals surface area contributed by atoms with Gasteiger partial charge in [0.2, 0.25) is 11.8 Å². The first-order chi connectivity index (χ1) is 16.7. The fourth-order valence-corrected chi connectivity index (χ4v) is 5.37. The molecule has 0 aliphatic carbocycles. The van der Waals surface area contributed by atoms with Crippen LogP contribution in [-0.4, -0.2) is 75.9 Å². The molecule has 1 saturated heterocycles. The number of benzene rings is 1. The molecule has 0 N–H and O–H groups in total. The number of non-ortho nitro benzene ring substituents is 1. The molecule has 0 spiro atoms. The average molecular weight is 500 g/mol. The summed E-state index contributed by atoms with van der Waals surface area (Å²) in [4.78, 5) is 58.2. The predicted octanol–water partition coefficient (Wildman–Crippen LogP) is 2.42. The molecule has 35 heavy (non-hydrogen) atoms. The van der Waals surface area contributed by atoms with Gasteiger partial charge in [-0.05, 0) is 17.9 Å². The van der Waals surface area contributed by atoms with Gasteiger partial charge in [-0.3, -0.25) is 19.7 Å². The number of nitro benzene ring substituents is 1. The summed E-state index contributed by atoms with van der Waals surface area (Å²) in [5, 5.41) is 13.8. The van der Waals surface area contributed by atoms with Crippen LogP contribution in [0.25, 0.3) is 0 Å². The summed E-state index contributed by atoms with van der Waals surface area (Å²) >= 11 is 1.33. The number of ether oxygens (including phenoxy) is 1. The minimum atomic E-state index is -0.738. The molecule has 184 valence electrons. The van der Waals surface area contributed by atoms with Gasteiger partial charge in [-0.2, -0.15) is 0 Å². The highest BCUT2D eigenvalue weighted by molar-refractivity contribution is 8.16. The van der Waals surface area contributed by atoms with E-state index in [1.807, 2.05) is 5.41 Å². The second-order valence-electron chi connectivity index (χ2n) is 8.30. The highest BCUT2D eigenvalue weighted by atomic mass is 32.2. The number of amidine groups is 1. The van der Waals surface area contributed by atoms with Gasteiger partial charge in [0.15, 0.2) is 5.17 Å². The zero-order valence-electron chi connectivity index (χ0n) is 19.6. The second-order valence-corrected chi connectivity index (χ2v) is 9.14. The van der Waals surface area contributed by atoms with E-state index in [0.717, 1.165) is 0 Å². The lowest BCUT2D eigenvalue weighted by Crippen LogP contribution is -2.50. The number of allylic oxidation sites excluding steroid dienone is 1. The van der Waals surface area contributed by atoms with Crippen LogP contribution in [0.1, 0.15) is 31.9 Å². The van der Waals surface area contributed by atoms with Crippen molar-refractivity contribution in [1.29, 1.82) is 0 Å². The molecular weight excluding hydrogens is 474 g/mol. The monoisotopic (exact) mass is 499 g/mol. The molecule has 1 aromatic rings. The number of methoxy groups -OCH3 is 1. The standard InChI is InChI=1S/C23H25N5O6S/c1-14-20(22(31)34-3)21(16-5-4-6-17(11-16)28(32)33)27-18(13-35-23(27)24-14)12-19(30)26-9-7-25(8-10-26)15(2)29/h4-6,11,13,21H,7-10,12H2,1-3H3. The summed E-state index contributed by atoms with van der Waals surface area (Å²) in [6.07, 6.45) is 0.0605. The largest absolute Gasteiger partial charge is 0.466 e. The number of piperazine rings is 1. The molecule has 0 bridgehead atoms. The van der Waals surface area contributed by atoms with Crippen LogP contribution in [0.4, 0.5) is 5.69 Å². The highest BCUT2D eigenvalue weighted by Crippen LogP contribution is 2.45. The van der Waals surface area contributed by atoms with Crippen molar-refractivity contribution < 1.29 is 24.0 Å². The van der Waals surface area contributed by atoms with Gasteiger partial charge in [0.1, 0.15) is 0 Å². The Hall–Kier alpha value is -3.67. The quantitative estimate of drug-likeness (QED) is 0.344. The van der Waals surface area contributed by atoms with Crippen LogP contribution in [0.2, 0.25) is 0 Å². The molecule has 1 fully saturated rings. The third kappa shape index (κ3) is 4.78. The maximum Gasteiger partial charge on any atom is 0.338 e. The number of thioether (sulfide) groups is 1. The Balaban J connectivity index is 1.64. The average Bonchev–Trinajstić information content (AvgIpc) is 3.24. The number of hydrogen-bond donors (Lipinski definition) is 0. The van der Waals surface area contributed by atoms with Gasteiger partial charge >= 0.3 is 5.97 Å². The van der Waals surface area contributed by atoms with Gasteiger partial charge in [0, 0.05) is 50.9 Å². The molecule has 3 aliphatic rings. The fraction of sp³-hybridized carbons (Fsp3) is 0.391. The van der Waals surface area contributed by atoms with Crippen molar-refractivity contribution in [2.45, 2.75) is 26.3 Å². The zero-order chi connectivity index (χ0) is 25.3. The molecule has 4 rings (SSSR count). The van der Waals surface area contributed by atoms with Crippen molar-refractivity contribution in [3.8, 4) is 0 Å². The molecule has 1 atom stereocenters. The number of nitro groups is 1. The van der Waals surface area contributed by atoms with Gasteiger partial charge in [-0.15, -0.1) is 0 Å². The van der Waals surface area contributed by atoms with Crippen LogP contribution < -0.4 is 0 Å². The summed E-state index contributed by atoms with van der Waals surface area (Å²) in [6.45, 7) is 5.06. The number of hydrogen-bond acceptors (Lipinski definition) is 9. The van der Waals surface area contributed by atoms with Crippen molar-refractivity contribution in [3.05, 3.63) is 62.3 Å². The smallest absolute Gasteiger partial charge is 0.338 e. The van der Waals surface area contributed by atoms with E-state index >= 15 is 0 Å². The van der Waals surface area contributed by atoms with Crippen LogP contribution in [0, 0.1) is 10.1 Å². The number of rotatable bonds is 5. The number of aliphatic imine (C=N–C) groups is 1. The summed E-state index contributed by atoms with van der Waals surface area (Å²) in [6, 6.07) is 5.34. The first-order valence-electron chi connectivity index (χ1n) is 11.0. The Labute approximate surface area is 206 Å². The lowest BCUT2D eigenvalue weighted by Gasteiger charge is -2.37. The third-order valence-corrected chi connectivity index (χ3v) is 7.10. The maximum atomic E-state index is 13.1. The number of fused-ring (bicyclic) bond motifs is 1. The zero-order valence-corrected chi connectivity index (χ0v) is 20.4. The van der Waals surface area contributed by atoms with E-state index in [0.29, 0.717) is 48.3 Å². The van der Waals surface area contributed by atoms with Gasteiger partial charge in [-0.1, -0.05) is 23.9 Å². The Kier molecular flexibility index (Phi) is 6.92. The Morgan fingerprint density at radius 2 is 1.89 bits per heavy atom. The minimum absolute atomic E-state index is 0.0153. The van der Waals surface area contributed by atoms with E-state index in [4.69, 9.17) is 4.74 Å². The molecule has 0 aromatic heterocycles. The van der Waals surface area contributed by atoms with Crippen molar-refractivity contribution >= 4 is 40.4 Å². The van der Waals surface area contributed by atoms with Crippen LogP contribution >= 0.6 is 11.8 Å². The molecule has 0 saturated carbocycles. The summed E-state index contributed by atoms with van der Waals surface area (Å²) in [5.41, 5.74) is 1.76. The van der Waals surface area contributed by atoms with Crippen LogP contribution in [-0.2, 0) is 19.1 Å². The van der Waals surface area contributed by atoms with Gasteiger partial charge in [-0.25, -0.2) is 9.79 Å². The first-order valence-corrected chi connectivity index (χ1v) is 11.9. The first kappa shape index (κ1) is 24.5. The van der Waals surface area contributed by atoms with Gasteiger partial charge < -0.3 is 19.4 Å². The molecule has 12 heteroatoms. The lowest BCUT2D eigenvalue weighted by atomic mass is 9.93. The number of carbonyl (C=O) groups excluding carboxylic acids is 3. The number of esters is 1. The molecule has 3 heterocycles. The Morgan fingerprint density at radius 1 is 1.20 bits per heavy atom. The fourth-order valence-electron chi connectivity index (χ4n) is 4.40. The maximum absolute atomic E-state index is 13.1. The predicted molar refractivity (Wildman–Crippen MR) is 129 cm³/mol. The third-order valence-electron chi connectivity index (χ3n) is 6.21. The molecule has 1 unspecified atom stereocenters. The van der Waals surface area contributed by atoms with Gasteiger partial charge in [0.05, 0.1) is 35.8 Å². The minimum Gasteiger partial charge on any atom is -0.466 e. The lowest BCUT2D eigenvalue weighted by molar-refractivity contribution is -0.384. The summed E-state index contributed by atoms with van der Waals surface area (Å²) < 4.78 is 5.02. The van der Waals surface area contributed by atoms with Crippen LogP contribution in [0.3, 0.4) is 0 Å². The second kappa shape index (κ2) is 9.90. The molecule has 2 amide bonds. The molecule has 0 radical (unpaired) electrons. The van der Waals surface area contributed by atoms with E-state index in [-0.39, 0.29) is 29.5 Å². The summed E-state index contributed by atoms with van der Waals surface area (Å²) in [7, 11) is 1.27. The van der Waals surface area contributed by atoms with E-state index < -0.39 is 16.9 Å². The normalized spacial score (nSPS) is 19.7. The van der Waals surface area contributed by atoms with E-state index in [1.54, 1.807) is 33.8 Å². The molecule has 11 nitrogen and oxygen atoms in total. The highest BCUT2D eigenvalue weighted by Gasteiger charge is 2.41. The number of amides is 2. The summed E-state index contributed by atoms with van der Waals surface area (Å²) in [5.74, 6) is -0.715. The van der Waals surface area contributed by atoms with Crippen LogP contribution in [0.5, 0.6) is 0 Å². The van der Waals surface area contributed by atoms with Crippen molar-refractivity contribution in [1.82, 2.24) is 14.7 Å². The number of nitrogens with zero attached hydrogens (tertiary/aromatic N) is 5. The van der Waals surface area contributed by atoms with E-state index in [9.17, 15) is 24.5 Å². The Morgan fingerprint density at radius 3 is 2.51 bits per heavy atom. The van der Waals surface area contributed by atoms with Crippen LogP contribution in [0.15, 0.2) is 51.6 Å². The SMILES string of the molecule is COC(=O)C1=C(C)N=C2SC=C(CC(=O)N3CCN(C(C)=O)CC3)N2C1c1cccc([N+](=O)[O-])c1. The van der Waals surface area contributed by atoms with E-state index in [2.05, 4.69) is 4.99 Å². The van der Waals surface area contributed by atoms with Crippen molar-refractivity contribution in [2.75, 3.05) is 33.3 Å². The number of carbonyl (C=O) groups is 3. The molecule has 3 aliphatic heterocycles. The van der Waals surface area contributed by atoms with Crippen molar-refractivity contribution in [2.24, 2.45) is 4.99 Å².